The highest BCUT2D eigenvalue weighted by Crippen LogP contribution is 2.23. The summed E-state index contributed by atoms with van der Waals surface area (Å²) in [5.41, 5.74) is 3.23. The van der Waals surface area contributed by atoms with Crippen LogP contribution in [0, 0.1) is 6.92 Å². The van der Waals surface area contributed by atoms with E-state index in [9.17, 15) is 4.79 Å². The first kappa shape index (κ1) is 16.7. The maximum Gasteiger partial charge on any atom is 0.321 e. The summed E-state index contributed by atoms with van der Waals surface area (Å²) in [4.78, 5) is 20.6. The third-order valence-electron chi connectivity index (χ3n) is 3.96. The van der Waals surface area contributed by atoms with E-state index in [-0.39, 0.29) is 5.91 Å². The van der Waals surface area contributed by atoms with Crippen LogP contribution in [0.15, 0.2) is 79.3 Å². The minimum Gasteiger partial charge on any atom is -0.424 e. The number of nitrogens with zero attached hydrogens (tertiary/aromatic N) is 4. The number of ether oxygens (including phenoxy) is 1. The fourth-order valence-electron chi connectivity index (χ4n) is 2.64. The molecule has 4 rings (SSSR count). The Morgan fingerprint density at radius 2 is 1.74 bits per heavy atom. The van der Waals surface area contributed by atoms with Gasteiger partial charge in [0, 0.05) is 29.7 Å². The smallest absolute Gasteiger partial charge is 0.321 e. The molecule has 27 heavy (non-hydrogen) atoms. The number of aryl methyl sites for hydroxylation is 1. The van der Waals surface area contributed by atoms with Crippen molar-refractivity contribution in [3.63, 3.8) is 0 Å². The van der Waals surface area contributed by atoms with Gasteiger partial charge in [-0.2, -0.15) is 5.10 Å². The lowest BCUT2D eigenvalue weighted by Crippen LogP contribution is -2.12. The molecule has 0 spiro atoms. The summed E-state index contributed by atoms with van der Waals surface area (Å²) in [7, 11) is 0. The summed E-state index contributed by atoms with van der Waals surface area (Å²) < 4.78 is 6.93. The van der Waals surface area contributed by atoms with Gasteiger partial charge in [-0.15, -0.1) is 0 Å². The molecule has 6 nitrogen and oxygen atoms in total. The van der Waals surface area contributed by atoms with Crippen LogP contribution < -0.4 is 4.74 Å². The topological polar surface area (TPSA) is 69.9 Å². The SMILES string of the molecule is Cc1cccc(C(=O)n2ccc(-c3ccc(Oc4ncccn4)cc3)n2)c1. The predicted molar refractivity (Wildman–Crippen MR) is 101 cm³/mol. The van der Waals surface area contributed by atoms with E-state index in [1.54, 1.807) is 30.7 Å². The maximum atomic E-state index is 12.6. The fourth-order valence-corrected chi connectivity index (χ4v) is 2.64. The molecule has 0 N–H and O–H groups in total. The summed E-state index contributed by atoms with van der Waals surface area (Å²) in [5.74, 6) is 0.464. The summed E-state index contributed by atoms with van der Waals surface area (Å²) in [6.07, 6.45) is 4.91. The van der Waals surface area contributed by atoms with Crippen molar-refractivity contribution in [3.05, 3.63) is 90.4 Å². The monoisotopic (exact) mass is 356 g/mol. The quantitative estimate of drug-likeness (QED) is 0.550. The molecule has 0 unspecified atom stereocenters. The van der Waals surface area contributed by atoms with Crippen LogP contribution in [-0.4, -0.2) is 25.7 Å². The highest BCUT2D eigenvalue weighted by Gasteiger charge is 2.11. The first-order chi connectivity index (χ1) is 13.2. The second-order valence-corrected chi connectivity index (χ2v) is 5.98. The number of aromatic nitrogens is 4. The van der Waals surface area contributed by atoms with Gasteiger partial charge < -0.3 is 4.74 Å². The zero-order valence-corrected chi connectivity index (χ0v) is 14.6. The molecule has 0 radical (unpaired) electrons. The summed E-state index contributed by atoms with van der Waals surface area (Å²) in [6.45, 7) is 1.95. The van der Waals surface area contributed by atoms with Crippen LogP contribution in [0.3, 0.4) is 0 Å². The van der Waals surface area contributed by atoms with E-state index in [1.165, 1.54) is 4.68 Å². The minimum atomic E-state index is -0.161. The van der Waals surface area contributed by atoms with E-state index in [1.807, 2.05) is 55.5 Å². The number of carbonyl (C=O) groups is 1. The molecule has 0 saturated carbocycles. The van der Waals surface area contributed by atoms with Crippen molar-refractivity contribution in [2.24, 2.45) is 0 Å². The van der Waals surface area contributed by atoms with Crippen molar-refractivity contribution in [1.29, 1.82) is 0 Å². The van der Waals surface area contributed by atoms with Crippen molar-refractivity contribution >= 4 is 5.91 Å². The molecule has 0 atom stereocenters. The molecule has 0 aliphatic rings. The third-order valence-corrected chi connectivity index (χ3v) is 3.96. The molecule has 132 valence electrons. The second kappa shape index (κ2) is 7.21. The highest BCUT2D eigenvalue weighted by atomic mass is 16.5. The highest BCUT2D eigenvalue weighted by molar-refractivity contribution is 5.95. The molecule has 2 heterocycles. The normalized spacial score (nSPS) is 10.6. The van der Waals surface area contributed by atoms with E-state index in [4.69, 9.17) is 4.74 Å². The van der Waals surface area contributed by atoms with Gasteiger partial charge >= 0.3 is 6.01 Å². The number of carbonyl (C=O) groups excluding carboxylic acids is 1. The largest absolute Gasteiger partial charge is 0.424 e. The Morgan fingerprint density at radius 3 is 2.48 bits per heavy atom. The van der Waals surface area contributed by atoms with Gasteiger partial charge in [-0.3, -0.25) is 4.79 Å². The average Bonchev–Trinajstić information content (AvgIpc) is 3.19. The van der Waals surface area contributed by atoms with E-state index >= 15 is 0 Å². The van der Waals surface area contributed by atoms with Gasteiger partial charge in [0.15, 0.2) is 0 Å². The molecule has 6 heteroatoms. The first-order valence-electron chi connectivity index (χ1n) is 8.41. The number of rotatable bonds is 4. The Kier molecular flexibility index (Phi) is 4.45. The molecule has 2 aromatic heterocycles. The van der Waals surface area contributed by atoms with Gasteiger partial charge in [0.1, 0.15) is 5.75 Å². The van der Waals surface area contributed by atoms with Gasteiger partial charge in [-0.25, -0.2) is 14.6 Å². The van der Waals surface area contributed by atoms with Gasteiger partial charge in [0.05, 0.1) is 5.69 Å². The van der Waals surface area contributed by atoms with Crippen LogP contribution in [0.5, 0.6) is 11.8 Å². The predicted octanol–water partition coefficient (Wildman–Crippen LogP) is 4.13. The van der Waals surface area contributed by atoms with E-state index in [0.29, 0.717) is 23.0 Å². The Morgan fingerprint density at radius 1 is 0.963 bits per heavy atom. The molecular weight excluding hydrogens is 340 g/mol. The lowest BCUT2D eigenvalue weighted by molar-refractivity contribution is 0.0945. The van der Waals surface area contributed by atoms with Crippen molar-refractivity contribution in [2.45, 2.75) is 6.92 Å². The summed E-state index contributed by atoms with van der Waals surface area (Å²) >= 11 is 0. The average molecular weight is 356 g/mol. The van der Waals surface area contributed by atoms with Crippen LogP contribution in [0.4, 0.5) is 0 Å². The molecule has 0 saturated heterocycles. The van der Waals surface area contributed by atoms with E-state index in [2.05, 4.69) is 15.1 Å². The van der Waals surface area contributed by atoms with Crippen molar-refractivity contribution in [1.82, 2.24) is 19.7 Å². The Labute approximate surface area is 156 Å². The molecule has 0 amide bonds. The van der Waals surface area contributed by atoms with Gasteiger partial charge in [-0.05, 0) is 55.5 Å². The Balaban J connectivity index is 1.52. The molecule has 2 aromatic carbocycles. The van der Waals surface area contributed by atoms with Crippen LogP contribution in [0.25, 0.3) is 11.3 Å². The summed E-state index contributed by atoms with van der Waals surface area (Å²) in [5, 5.41) is 4.40. The first-order valence-corrected chi connectivity index (χ1v) is 8.41. The van der Waals surface area contributed by atoms with Crippen LogP contribution >= 0.6 is 0 Å². The lowest BCUT2D eigenvalue weighted by atomic mass is 10.1. The van der Waals surface area contributed by atoms with Crippen molar-refractivity contribution in [2.75, 3.05) is 0 Å². The number of hydrogen-bond acceptors (Lipinski definition) is 5. The van der Waals surface area contributed by atoms with Crippen molar-refractivity contribution < 1.29 is 9.53 Å². The standard InChI is InChI=1S/C21H16N4O2/c1-15-4-2-5-17(14-15)20(26)25-13-10-19(24-25)16-6-8-18(9-7-16)27-21-22-11-3-12-23-21/h2-14H,1H3. The molecule has 4 aromatic rings. The molecule has 0 fully saturated rings. The van der Waals surface area contributed by atoms with Gasteiger partial charge in [0.25, 0.3) is 5.91 Å². The van der Waals surface area contributed by atoms with Gasteiger partial charge in [0.2, 0.25) is 0 Å². The fraction of sp³-hybridized carbons (Fsp3) is 0.0476. The molecule has 0 aliphatic carbocycles. The Bertz CT molecular complexity index is 1070. The zero-order chi connectivity index (χ0) is 18.6. The number of benzene rings is 2. The third kappa shape index (κ3) is 3.74. The van der Waals surface area contributed by atoms with Crippen LogP contribution in [0.2, 0.25) is 0 Å². The lowest BCUT2D eigenvalue weighted by Gasteiger charge is -2.04. The molecular formula is C21H16N4O2. The summed E-state index contributed by atoms with van der Waals surface area (Å²) in [6, 6.07) is 18.7. The van der Waals surface area contributed by atoms with E-state index < -0.39 is 0 Å². The van der Waals surface area contributed by atoms with E-state index in [0.717, 1.165) is 11.1 Å². The maximum absolute atomic E-state index is 12.6. The molecule has 0 bridgehead atoms. The van der Waals surface area contributed by atoms with Crippen LogP contribution in [0.1, 0.15) is 15.9 Å². The van der Waals surface area contributed by atoms with Crippen LogP contribution in [-0.2, 0) is 0 Å². The molecule has 0 aliphatic heterocycles. The van der Waals surface area contributed by atoms with Gasteiger partial charge in [-0.1, -0.05) is 17.7 Å². The van der Waals surface area contributed by atoms with Crippen molar-refractivity contribution in [3.8, 4) is 23.0 Å². The second-order valence-electron chi connectivity index (χ2n) is 5.98. The zero-order valence-electron chi connectivity index (χ0n) is 14.6. The Hall–Kier alpha value is -3.80. The number of hydrogen-bond donors (Lipinski definition) is 0. The minimum absolute atomic E-state index is 0.161.